The van der Waals surface area contributed by atoms with E-state index < -0.39 is 18.4 Å². The fourth-order valence-electron chi connectivity index (χ4n) is 3.29. The molecule has 1 unspecified atom stereocenters. The molecule has 0 amide bonds. The Morgan fingerprint density at radius 2 is 2.12 bits per heavy atom. The number of morpholine rings is 1. The average Bonchev–Trinajstić information content (AvgIpc) is 3.26. The summed E-state index contributed by atoms with van der Waals surface area (Å²) in [6.45, 7) is 4.69. The summed E-state index contributed by atoms with van der Waals surface area (Å²) in [5, 5.41) is 19.2. The predicted octanol–water partition coefficient (Wildman–Crippen LogP) is -0.151. The van der Waals surface area contributed by atoms with Crippen LogP contribution in [0, 0.1) is 0 Å². The van der Waals surface area contributed by atoms with Crippen LogP contribution in [0.1, 0.15) is 19.6 Å². The van der Waals surface area contributed by atoms with Crippen LogP contribution >= 0.6 is 0 Å². The maximum absolute atomic E-state index is 9.96. The lowest BCUT2D eigenvalue weighted by molar-refractivity contribution is -0.0432. The first kappa shape index (κ1) is 17.3. The number of hydrogen-bond donors (Lipinski definition) is 2. The summed E-state index contributed by atoms with van der Waals surface area (Å²) >= 11 is 0. The van der Waals surface area contributed by atoms with Gasteiger partial charge in [0, 0.05) is 19.5 Å². The first-order valence-corrected chi connectivity index (χ1v) is 8.67. The van der Waals surface area contributed by atoms with Gasteiger partial charge in [-0.2, -0.15) is 0 Å². The molecular weight excluding hydrogens is 340 g/mol. The van der Waals surface area contributed by atoms with E-state index in [4.69, 9.17) is 9.47 Å². The number of fused-ring (bicyclic) bond motifs is 1. The molecule has 2 aliphatic heterocycles. The fourth-order valence-corrected chi connectivity index (χ4v) is 3.29. The second-order valence-electron chi connectivity index (χ2n) is 6.39. The Labute approximate surface area is 150 Å². The molecule has 10 heteroatoms. The molecule has 2 aromatic rings. The van der Waals surface area contributed by atoms with Crippen molar-refractivity contribution in [2.45, 2.75) is 31.8 Å². The van der Waals surface area contributed by atoms with Crippen LogP contribution in [0.25, 0.3) is 11.2 Å². The van der Waals surface area contributed by atoms with Crippen molar-refractivity contribution in [2.24, 2.45) is 4.99 Å². The third-order valence-electron chi connectivity index (χ3n) is 4.77. The number of hydrogen-bond acceptors (Lipinski definition) is 8. The molecule has 26 heavy (non-hydrogen) atoms. The normalized spacial score (nSPS) is 27.4. The van der Waals surface area contributed by atoms with Gasteiger partial charge in [0.1, 0.15) is 24.5 Å². The van der Waals surface area contributed by atoms with Crippen LogP contribution in [0.2, 0.25) is 0 Å². The number of aliphatic imine (C=N–C) groups is 1. The third kappa shape index (κ3) is 3.16. The van der Waals surface area contributed by atoms with Crippen LogP contribution in [0.5, 0.6) is 0 Å². The molecular formula is C16H22N6O4. The third-order valence-corrected chi connectivity index (χ3v) is 4.77. The molecule has 0 spiro atoms. The van der Waals surface area contributed by atoms with Crippen LogP contribution < -0.4 is 0 Å². The number of aliphatic hydroxyl groups is 2. The number of rotatable bonds is 3. The van der Waals surface area contributed by atoms with E-state index in [0.29, 0.717) is 36.6 Å². The maximum atomic E-state index is 9.96. The van der Waals surface area contributed by atoms with Gasteiger partial charge in [-0.1, -0.05) is 0 Å². The second-order valence-corrected chi connectivity index (χ2v) is 6.39. The SMILES string of the molecule is CC(=Nc1ncnc2c1ncn2[C@H]1CC(O)[C@@H](CO)O1)N1CCOCC1. The molecule has 0 aromatic carbocycles. The van der Waals surface area contributed by atoms with Crippen molar-refractivity contribution in [3.63, 3.8) is 0 Å². The fraction of sp³-hybridized carbons (Fsp3) is 0.625. The lowest BCUT2D eigenvalue weighted by Gasteiger charge is -2.28. The second kappa shape index (κ2) is 7.23. The Kier molecular flexibility index (Phi) is 4.81. The standard InChI is InChI=1S/C16H22N6O4/c1-10(21-2-4-25-5-3-21)20-15-14-16(18-8-17-15)22(9-19-14)13-6-11(24)12(7-23)26-13/h8-9,11-13,23-24H,2-7H2,1H3/t11?,12-,13-/m1/s1. The van der Waals surface area contributed by atoms with Gasteiger partial charge in [-0.15, -0.1) is 0 Å². The zero-order valence-corrected chi connectivity index (χ0v) is 14.5. The van der Waals surface area contributed by atoms with Crippen molar-refractivity contribution in [3.8, 4) is 0 Å². The number of nitrogens with zero attached hydrogens (tertiary/aromatic N) is 6. The lowest BCUT2D eigenvalue weighted by atomic mass is 10.2. The number of amidine groups is 1. The number of ether oxygens (including phenoxy) is 2. The minimum absolute atomic E-state index is 0.229. The average molecular weight is 362 g/mol. The van der Waals surface area contributed by atoms with Crippen molar-refractivity contribution in [2.75, 3.05) is 32.9 Å². The monoisotopic (exact) mass is 362 g/mol. The largest absolute Gasteiger partial charge is 0.394 e. The number of imidazole rings is 1. The summed E-state index contributed by atoms with van der Waals surface area (Å²) in [7, 11) is 0. The van der Waals surface area contributed by atoms with Crippen LogP contribution in [-0.4, -0.2) is 85.6 Å². The first-order valence-electron chi connectivity index (χ1n) is 8.67. The molecule has 0 saturated carbocycles. The number of aliphatic hydroxyl groups excluding tert-OH is 2. The summed E-state index contributed by atoms with van der Waals surface area (Å²) < 4.78 is 12.8. The highest BCUT2D eigenvalue weighted by atomic mass is 16.5. The predicted molar refractivity (Wildman–Crippen MR) is 92.1 cm³/mol. The molecule has 10 nitrogen and oxygen atoms in total. The minimum Gasteiger partial charge on any atom is -0.394 e. The highest BCUT2D eigenvalue weighted by Crippen LogP contribution is 2.32. The van der Waals surface area contributed by atoms with Gasteiger partial charge in [-0.25, -0.2) is 19.9 Å². The van der Waals surface area contributed by atoms with Gasteiger partial charge in [0.05, 0.1) is 32.3 Å². The summed E-state index contributed by atoms with van der Waals surface area (Å²) in [6.07, 6.45) is 1.68. The van der Waals surface area contributed by atoms with Crippen molar-refractivity contribution in [1.29, 1.82) is 0 Å². The summed E-state index contributed by atoms with van der Waals surface area (Å²) in [5.74, 6) is 1.35. The Morgan fingerprint density at radius 3 is 2.85 bits per heavy atom. The molecule has 2 N–H and O–H groups in total. The van der Waals surface area contributed by atoms with E-state index in [1.165, 1.54) is 6.33 Å². The van der Waals surface area contributed by atoms with Crippen molar-refractivity contribution in [1.82, 2.24) is 24.4 Å². The Hall–Kier alpha value is -2.14. The molecule has 0 bridgehead atoms. The van der Waals surface area contributed by atoms with Crippen LogP contribution in [0.15, 0.2) is 17.6 Å². The quantitative estimate of drug-likeness (QED) is 0.572. The molecule has 2 saturated heterocycles. The topological polar surface area (TPSA) is 118 Å². The van der Waals surface area contributed by atoms with E-state index in [9.17, 15) is 10.2 Å². The Bertz CT molecular complexity index is 803. The van der Waals surface area contributed by atoms with Crippen molar-refractivity contribution < 1.29 is 19.7 Å². The molecule has 0 radical (unpaired) electrons. The van der Waals surface area contributed by atoms with Gasteiger partial charge in [0.2, 0.25) is 0 Å². The first-order chi connectivity index (χ1) is 12.7. The Morgan fingerprint density at radius 1 is 1.31 bits per heavy atom. The van der Waals surface area contributed by atoms with Gasteiger partial charge in [0.25, 0.3) is 0 Å². The summed E-state index contributed by atoms with van der Waals surface area (Å²) in [4.78, 5) is 19.7. The minimum atomic E-state index is -0.717. The highest BCUT2D eigenvalue weighted by Gasteiger charge is 2.35. The van der Waals surface area contributed by atoms with Crippen molar-refractivity contribution in [3.05, 3.63) is 12.7 Å². The van der Waals surface area contributed by atoms with E-state index in [2.05, 4.69) is 24.8 Å². The van der Waals surface area contributed by atoms with Crippen LogP contribution in [0.3, 0.4) is 0 Å². The maximum Gasteiger partial charge on any atom is 0.185 e. The Balaban J connectivity index is 1.63. The lowest BCUT2D eigenvalue weighted by Crippen LogP contribution is -2.39. The molecule has 2 aromatic heterocycles. The van der Waals surface area contributed by atoms with Gasteiger partial charge in [0.15, 0.2) is 17.0 Å². The molecule has 4 heterocycles. The molecule has 3 atom stereocenters. The zero-order chi connectivity index (χ0) is 18.1. The molecule has 4 rings (SSSR count). The zero-order valence-electron chi connectivity index (χ0n) is 14.5. The van der Waals surface area contributed by atoms with Gasteiger partial charge in [-0.05, 0) is 6.92 Å². The van der Waals surface area contributed by atoms with E-state index in [1.807, 2.05) is 6.92 Å². The molecule has 0 aliphatic carbocycles. The number of aromatic nitrogens is 4. The highest BCUT2D eigenvalue weighted by molar-refractivity contribution is 5.88. The molecule has 2 aliphatic rings. The van der Waals surface area contributed by atoms with Crippen molar-refractivity contribution >= 4 is 22.8 Å². The van der Waals surface area contributed by atoms with Crippen LogP contribution in [-0.2, 0) is 9.47 Å². The van der Waals surface area contributed by atoms with E-state index in [1.54, 1.807) is 10.9 Å². The van der Waals surface area contributed by atoms with E-state index >= 15 is 0 Å². The molecule has 140 valence electrons. The molecule has 2 fully saturated rings. The van der Waals surface area contributed by atoms with Crippen LogP contribution in [0.4, 0.5) is 5.82 Å². The summed E-state index contributed by atoms with van der Waals surface area (Å²) in [5.41, 5.74) is 1.16. The smallest absolute Gasteiger partial charge is 0.185 e. The van der Waals surface area contributed by atoms with Gasteiger partial charge < -0.3 is 24.6 Å². The van der Waals surface area contributed by atoms with E-state index in [-0.39, 0.29) is 6.61 Å². The summed E-state index contributed by atoms with van der Waals surface area (Å²) in [6, 6.07) is 0. The van der Waals surface area contributed by atoms with E-state index in [0.717, 1.165) is 18.9 Å². The van der Waals surface area contributed by atoms with Gasteiger partial charge in [-0.3, -0.25) is 4.57 Å². The van der Waals surface area contributed by atoms with Gasteiger partial charge >= 0.3 is 0 Å².